The van der Waals surface area contributed by atoms with Gasteiger partial charge in [-0.25, -0.2) is 9.78 Å². The summed E-state index contributed by atoms with van der Waals surface area (Å²) in [6.45, 7) is 0.502. The van der Waals surface area contributed by atoms with E-state index >= 15 is 0 Å². The Morgan fingerprint density at radius 2 is 1.89 bits per heavy atom. The van der Waals surface area contributed by atoms with Crippen molar-refractivity contribution in [1.82, 2.24) is 19.5 Å². The fourth-order valence-corrected chi connectivity index (χ4v) is 2.93. The van der Waals surface area contributed by atoms with Crippen LogP contribution in [-0.4, -0.2) is 71.2 Å². The Morgan fingerprint density at radius 3 is 2.54 bits per heavy atom. The van der Waals surface area contributed by atoms with Gasteiger partial charge in [-0.15, -0.1) is 0 Å². The van der Waals surface area contributed by atoms with Crippen molar-refractivity contribution in [2.24, 2.45) is 0 Å². The van der Waals surface area contributed by atoms with E-state index < -0.39 is 42.7 Å². The highest BCUT2D eigenvalue weighted by Crippen LogP contribution is 2.24. The molecule has 11 nitrogen and oxygen atoms in total. The fraction of sp³-hybridized carbons (Fsp3) is 0.353. The molecule has 3 rings (SSSR count). The quantitative estimate of drug-likeness (QED) is 0.230. The third-order valence-corrected chi connectivity index (χ3v) is 4.47. The van der Waals surface area contributed by atoms with Crippen molar-refractivity contribution in [3.63, 3.8) is 0 Å². The van der Waals surface area contributed by atoms with Gasteiger partial charge in [0, 0.05) is 5.56 Å². The van der Waals surface area contributed by atoms with Gasteiger partial charge in [-0.2, -0.15) is 4.98 Å². The number of nitrogens with one attached hydrogen (secondary N) is 1. The molecule has 2 aliphatic heterocycles. The van der Waals surface area contributed by atoms with Gasteiger partial charge in [0.1, 0.15) is 24.6 Å². The van der Waals surface area contributed by atoms with E-state index in [0.29, 0.717) is 22.9 Å². The molecule has 0 aromatic heterocycles. The van der Waals surface area contributed by atoms with Gasteiger partial charge in [0.2, 0.25) is 0 Å². The van der Waals surface area contributed by atoms with Gasteiger partial charge in [-0.1, -0.05) is 0 Å². The van der Waals surface area contributed by atoms with Crippen LogP contribution in [0.5, 0.6) is 0 Å². The van der Waals surface area contributed by atoms with Crippen LogP contribution in [0, 0.1) is 6.92 Å². The number of carbonyl (C=O) groups is 1. The first-order valence-electron chi connectivity index (χ1n) is 8.32. The number of aliphatic hydroxyl groups is 4. The summed E-state index contributed by atoms with van der Waals surface area (Å²) in [4.78, 5) is 45.1. The second-order valence-electron chi connectivity index (χ2n) is 6.39. The monoisotopic (exact) mass is 390 g/mol. The summed E-state index contributed by atoms with van der Waals surface area (Å²) in [7, 11) is 0. The number of aldehydes is 1. The first-order chi connectivity index (χ1) is 13.3. The lowest BCUT2D eigenvalue weighted by Crippen LogP contribution is -2.42. The first-order valence-corrected chi connectivity index (χ1v) is 8.32. The van der Waals surface area contributed by atoms with E-state index in [1.807, 2.05) is 4.98 Å². The molecule has 0 amide bonds. The topological polar surface area (TPSA) is 179 Å². The Bertz CT molecular complexity index is 1120. The number of hydrogen-bond acceptors (Lipinski definition) is 9. The molecule has 0 saturated carbocycles. The highest BCUT2D eigenvalue weighted by Gasteiger charge is 2.27. The molecule has 2 aliphatic rings. The number of aromatic nitrogens is 4. The molecule has 3 atom stereocenters. The van der Waals surface area contributed by atoms with Crippen molar-refractivity contribution in [3.8, 4) is 11.5 Å². The van der Waals surface area contributed by atoms with Crippen molar-refractivity contribution in [3.05, 3.63) is 44.1 Å². The van der Waals surface area contributed by atoms with E-state index in [-0.39, 0.29) is 17.0 Å². The normalized spacial score (nSPS) is 14.9. The molecule has 148 valence electrons. The van der Waals surface area contributed by atoms with E-state index in [0.717, 1.165) is 0 Å². The zero-order valence-corrected chi connectivity index (χ0v) is 14.7. The number of hydrogen-bond donors (Lipinski definition) is 5. The average molecular weight is 390 g/mol. The summed E-state index contributed by atoms with van der Waals surface area (Å²) < 4.78 is 1.26. The van der Waals surface area contributed by atoms with E-state index in [2.05, 4.69) is 9.97 Å². The summed E-state index contributed by atoms with van der Waals surface area (Å²) in [5.41, 5.74) is -0.390. The van der Waals surface area contributed by atoms with Crippen LogP contribution < -0.4 is 11.2 Å². The number of fused-ring (bicyclic) bond motifs is 2. The van der Waals surface area contributed by atoms with Crippen LogP contribution in [0.1, 0.15) is 15.9 Å². The van der Waals surface area contributed by atoms with E-state index in [9.17, 15) is 29.7 Å². The van der Waals surface area contributed by atoms with E-state index in [4.69, 9.17) is 5.11 Å². The Kier molecular flexibility index (Phi) is 5.34. The number of aliphatic hydroxyl groups excluding tert-OH is 4. The summed E-state index contributed by atoms with van der Waals surface area (Å²) in [5, 5.41) is 38.8. The lowest BCUT2D eigenvalue weighted by atomic mass is 10.1. The standard InChI is InChI=1S/C17H18N4O7/c1-7-2-9-10(3-8(7)5-22)21(4-11(24)14(26)12(25)6-23)15-13(18-9)16(27)20-17(28)19-15/h2-3,5,11-12,14,23-26H,4,6H2,1H3,(H,20,27,28)/t11-,12+,14-/m0/s1. The Morgan fingerprint density at radius 1 is 1.18 bits per heavy atom. The van der Waals surface area contributed by atoms with Gasteiger partial charge >= 0.3 is 5.69 Å². The van der Waals surface area contributed by atoms with Crippen LogP contribution in [0.15, 0.2) is 21.7 Å². The Labute approximate surface area is 156 Å². The Balaban J connectivity index is 2.30. The predicted octanol–water partition coefficient (Wildman–Crippen LogP) is -2.22. The van der Waals surface area contributed by atoms with Gasteiger partial charge in [0.05, 0.1) is 24.2 Å². The summed E-state index contributed by atoms with van der Waals surface area (Å²) in [6, 6.07) is 3.02. The summed E-state index contributed by atoms with van der Waals surface area (Å²) in [5.74, 6) is -0.160. The van der Waals surface area contributed by atoms with Crippen molar-refractivity contribution >= 4 is 17.3 Å². The SMILES string of the molecule is Cc1cc2nc3c(=O)[nH]c(=O)nc-3n(C[C@H](O)[C@H](O)[C@H](O)CO)c2cc1C=O. The maximum Gasteiger partial charge on any atom is 0.349 e. The fourth-order valence-electron chi connectivity index (χ4n) is 2.93. The van der Waals surface area contributed by atoms with Crippen molar-refractivity contribution in [2.45, 2.75) is 31.8 Å². The number of nitrogens with zero attached hydrogens (tertiary/aromatic N) is 3. The maximum atomic E-state index is 12.2. The molecule has 0 fully saturated rings. The number of carbonyl (C=O) groups excluding carboxylic acids is 1. The van der Waals surface area contributed by atoms with Gasteiger partial charge in [-0.3, -0.25) is 14.6 Å². The lowest BCUT2D eigenvalue weighted by molar-refractivity contribution is -0.0802. The van der Waals surface area contributed by atoms with Gasteiger partial charge in [0.15, 0.2) is 11.5 Å². The molecule has 0 spiro atoms. The molecule has 11 heteroatoms. The summed E-state index contributed by atoms with van der Waals surface area (Å²) >= 11 is 0. The van der Waals surface area contributed by atoms with Crippen molar-refractivity contribution < 1.29 is 25.2 Å². The minimum atomic E-state index is -1.71. The molecule has 0 unspecified atom stereocenters. The molecule has 2 heterocycles. The van der Waals surface area contributed by atoms with Gasteiger partial charge in [0.25, 0.3) is 5.56 Å². The lowest BCUT2D eigenvalue weighted by Gasteiger charge is -2.25. The van der Waals surface area contributed by atoms with Crippen LogP contribution in [-0.2, 0) is 6.54 Å². The zero-order chi connectivity index (χ0) is 20.6. The molecule has 0 radical (unpaired) electrons. The molecule has 0 bridgehead atoms. The predicted molar refractivity (Wildman–Crippen MR) is 96.3 cm³/mol. The third-order valence-electron chi connectivity index (χ3n) is 4.47. The second-order valence-corrected chi connectivity index (χ2v) is 6.39. The number of H-pyrrole nitrogens is 1. The van der Waals surface area contributed by atoms with Crippen LogP contribution in [0.2, 0.25) is 0 Å². The minimum Gasteiger partial charge on any atom is -0.394 e. The molecular weight excluding hydrogens is 372 g/mol. The number of benzene rings is 1. The van der Waals surface area contributed by atoms with Gasteiger partial charge in [-0.05, 0) is 24.6 Å². The average Bonchev–Trinajstić information content (AvgIpc) is 2.66. The van der Waals surface area contributed by atoms with Crippen LogP contribution in [0.25, 0.3) is 22.6 Å². The molecule has 1 aromatic rings. The van der Waals surface area contributed by atoms with Gasteiger partial charge < -0.3 is 25.0 Å². The molecule has 28 heavy (non-hydrogen) atoms. The molecule has 0 aliphatic carbocycles. The van der Waals surface area contributed by atoms with E-state index in [1.165, 1.54) is 10.6 Å². The smallest absolute Gasteiger partial charge is 0.349 e. The number of aromatic amines is 1. The third kappa shape index (κ3) is 3.43. The zero-order valence-electron chi connectivity index (χ0n) is 14.7. The maximum absolute atomic E-state index is 12.2. The molecule has 1 aromatic carbocycles. The molecule has 0 saturated heterocycles. The van der Waals surface area contributed by atoms with Crippen LogP contribution in [0.3, 0.4) is 0 Å². The molecular formula is C17H18N4O7. The number of rotatable bonds is 6. The van der Waals surface area contributed by atoms with Crippen molar-refractivity contribution in [1.29, 1.82) is 0 Å². The minimum absolute atomic E-state index is 0.160. The highest BCUT2D eigenvalue weighted by atomic mass is 16.4. The highest BCUT2D eigenvalue weighted by molar-refractivity contribution is 5.88. The molecule has 5 N–H and O–H groups in total. The number of aryl methyl sites for hydroxylation is 1. The summed E-state index contributed by atoms with van der Waals surface area (Å²) in [6.07, 6.45) is -4.28. The first kappa shape index (κ1) is 19.8. The second kappa shape index (κ2) is 7.56. The largest absolute Gasteiger partial charge is 0.394 e. The Hall–Kier alpha value is -2.99. The van der Waals surface area contributed by atoms with E-state index in [1.54, 1.807) is 13.0 Å². The van der Waals surface area contributed by atoms with Crippen LogP contribution >= 0.6 is 0 Å². The van der Waals surface area contributed by atoms with Crippen molar-refractivity contribution in [2.75, 3.05) is 6.61 Å². The van der Waals surface area contributed by atoms with Crippen LogP contribution in [0.4, 0.5) is 0 Å².